The van der Waals surface area contributed by atoms with Crippen LogP contribution in [0.3, 0.4) is 0 Å². The molecule has 1 heterocycles. The fourth-order valence-electron chi connectivity index (χ4n) is 2.74. The molecule has 0 unspecified atom stereocenters. The number of anilines is 1. The van der Waals surface area contributed by atoms with Gasteiger partial charge in [-0.25, -0.2) is 8.42 Å². The van der Waals surface area contributed by atoms with E-state index in [1.807, 2.05) is 6.92 Å². The number of rotatable bonds is 6. The van der Waals surface area contributed by atoms with E-state index in [2.05, 4.69) is 5.32 Å². The largest absolute Gasteiger partial charge is 0.482 e. The van der Waals surface area contributed by atoms with Gasteiger partial charge in [-0.15, -0.1) is 0 Å². The minimum Gasteiger partial charge on any atom is -0.482 e. The van der Waals surface area contributed by atoms with Crippen LogP contribution < -0.4 is 10.1 Å². The molecule has 2 aromatic carbocycles. The van der Waals surface area contributed by atoms with E-state index < -0.39 is 15.9 Å². The number of aryl methyl sites for hydroxylation is 1. The lowest BCUT2D eigenvalue weighted by Crippen LogP contribution is -2.40. The Balaban J connectivity index is 1.73. The van der Waals surface area contributed by atoms with Crippen molar-refractivity contribution >= 4 is 44.8 Å². The molecule has 3 rings (SSSR count). The van der Waals surface area contributed by atoms with Crippen molar-refractivity contribution in [2.24, 2.45) is 0 Å². The number of carbonyl (C=O) groups is 1. The molecule has 0 atom stereocenters. The fourth-order valence-corrected chi connectivity index (χ4v) is 4.72. The summed E-state index contributed by atoms with van der Waals surface area (Å²) < 4.78 is 38.0. The first-order chi connectivity index (χ1) is 13.8. The van der Waals surface area contributed by atoms with Gasteiger partial charge in [-0.2, -0.15) is 4.31 Å². The third-order valence-corrected chi connectivity index (χ3v) is 6.87. The summed E-state index contributed by atoms with van der Waals surface area (Å²) >= 11 is 12.1. The van der Waals surface area contributed by atoms with Gasteiger partial charge in [-0.1, -0.05) is 29.3 Å². The molecule has 1 aliphatic heterocycles. The number of nitrogens with zero attached hydrogens (tertiary/aromatic N) is 1. The number of hydrogen-bond donors (Lipinski definition) is 1. The maximum atomic E-state index is 13.0. The molecule has 2 aromatic rings. The highest BCUT2D eigenvalue weighted by Crippen LogP contribution is 2.30. The van der Waals surface area contributed by atoms with Gasteiger partial charge in [0.1, 0.15) is 10.6 Å². The van der Waals surface area contributed by atoms with Gasteiger partial charge >= 0.3 is 0 Å². The summed E-state index contributed by atoms with van der Waals surface area (Å²) in [6.07, 6.45) is 0. The lowest BCUT2D eigenvalue weighted by Gasteiger charge is -2.26. The standard InChI is InChI=1S/C19H20Cl2N2O5S/c1-13-2-4-15(11-16(13)21)22-19(24)12-28-17-5-3-14(20)10-18(17)29(25,26)23-6-8-27-9-7-23/h2-5,10-11H,6-9,12H2,1H3,(H,22,24). The number of halogens is 2. The van der Waals surface area contributed by atoms with E-state index in [4.69, 9.17) is 32.7 Å². The summed E-state index contributed by atoms with van der Waals surface area (Å²) in [5, 5.41) is 3.44. The average molecular weight is 459 g/mol. The Hall–Kier alpha value is -1.84. The third-order valence-electron chi connectivity index (χ3n) is 4.31. The lowest BCUT2D eigenvalue weighted by molar-refractivity contribution is -0.118. The third kappa shape index (κ3) is 5.40. The highest BCUT2D eigenvalue weighted by Gasteiger charge is 2.29. The van der Waals surface area contributed by atoms with Crippen molar-refractivity contribution in [2.45, 2.75) is 11.8 Å². The second kappa shape index (κ2) is 9.32. The van der Waals surface area contributed by atoms with E-state index in [9.17, 15) is 13.2 Å². The number of carbonyl (C=O) groups excluding carboxylic acids is 1. The molecule has 0 aromatic heterocycles. The van der Waals surface area contributed by atoms with Crippen LogP contribution in [0, 0.1) is 6.92 Å². The van der Waals surface area contributed by atoms with Gasteiger partial charge in [0.25, 0.3) is 5.91 Å². The molecule has 1 aliphatic rings. The summed E-state index contributed by atoms with van der Waals surface area (Å²) in [4.78, 5) is 12.1. The topological polar surface area (TPSA) is 84.9 Å². The van der Waals surface area contributed by atoms with Gasteiger partial charge < -0.3 is 14.8 Å². The van der Waals surface area contributed by atoms with E-state index in [0.717, 1.165) is 5.56 Å². The second-order valence-corrected chi connectivity index (χ2v) is 9.16. The molecule has 0 radical (unpaired) electrons. The molecule has 29 heavy (non-hydrogen) atoms. The molecule has 10 heteroatoms. The Labute approximate surface area is 179 Å². The van der Waals surface area contributed by atoms with Crippen molar-refractivity contribution in [3.8, 4) is 5.75 Å². The fraction of sp³-hybridized carbons (Fsp3) is 0.316. The van der Waals surface area contributed by atoms with E-state index in [1.54, 1.807) is 18.2 Å². The summed E-state index contributed by atoms with van der Waals surface area (Å²) in [5.41, 5.74) is 1.41. The Bertz CT molecular complexity index is 1010. The minimum atomic E-state index is -3.84. The van der Waals surface area contributed by atoms with Crippen molar-refractivity contribution in [3.63, 3.8) is 0 Å². The molecule has 1 amide bonds. The van der Waals surface area contributed by atoms with Crippen LogP contribution in [0.15, 0.2) is 41.3 Å². The smallest absolute Gasteiger partial charge is 0.262 e. The van der Waals surface area contributed by atoms with Crippen LogP contribution >= 0.6 is 23.2 Å². The number of morpholine rings is 1. The van der Waals surface area contributed by atoms with Crippen molar-refractivity contribution < 1.29 is 22.7 Å². The van der Waals surface area contributed by atoms with Gasteiger partial charge in [-0.05, 0) is 42.8 Å². The average Bonchev–Trinajstić information content (AvgIpc) is 2.70. The van der Waals surface area contributed by atoms with Crippen LogP contribution in [0.5, 0.6) is 5.75 Å². The maximum absolute atomic E-state index is 13.0. The number of benzene rings is 2. The molecule has 156 valence electrons. The molecule has 0 aliphatic carbocycles. The van der Waals surface area contributed by atoms with Crippen LogP contribution in [-0.2, 0) is 19.6 Å². The van der Waals surface area contributed by atoms with Crippen LogP contribution in [0.4, 0.5) is 5.69 Å². The number of amides is 1. The van der Waals surface area contributed by atoms with Gasteiger partial charge in [-0.3, -0.25) is 4.79 Å². The second-order valence-electron chi connectivity index (χ2n) is 6.41. The Morgan fingerprint density at radius 3 is 2.59 bits per heavy atom. The SMILES string of the molecule is Cc1ccc(NC(=O)COc2ccc(Cl)cc2S(=O)(=O)N2CCOCC2)cc1Cl. The van der Waals surface area contributed by atoms with Crippen molar-refractivity contribution in [1.29, 1.82) is 0 Å². The zero-order chi connectivity index (χ0) is 21.0. The predicted octanol–water partition coefficient (Wildman–Crippen LogP) is 3.34. The number of sulfonamides is 1. The Kier molecular flexibility index (Phi) is 7.02. The van der Waals surface area contributed by atoms with Gasteiger partial charge in [0.15, 0.2) is 6.61 Å². The summed E-state index contributed by atoms with van der Waals surface area (Å²) in [6.45, 7) is 2.59. The first-order valence-electron chi connectivity index (χ1n) is 8.83. The van der Waals surface area contributed by atoms with Crippen LogP contribution in [0.25, 0.3) is 0 Å². The van der Waals surface area contributed by atoms with E-state index in [1.165, 1.54) is 22.5 Å². The first-order valence-corrected chi connectivity index (χ1v) is 11.0. The van der Waals surface area contributed by atoms with E-state index >= 15 is 0 Å². The summed E-state index contributed by atoms with van der Waals surface area (Å²) in [6, 6.07) is 9.39. The lowest BCUT2D eigenvalue weighted by atomic mass is 10.2. The number of hydrogen-bond acceptors (Lipinski definition) is 5. The molecular weight excluding hydrogens is 439 g/mol. The molecule has 1 fully saturated rings. The number of ether oxygens (including phenoxy) is 2. The van der Waals surface area contributed by atoms with Crippen LogP contribution in [0.2, 0.25) is 10.0 Å². The zero-order valence-corrected chi connectivity index (χ0v) is 18.0. The minimum absolute atomic E-state index is 0.0537. The molecule has 0 bridgehead atoms. The Morgan fingerprint density at radius 1 is 1.17 bits per heavy atom. The Morgan fingerprint density at radius 2 is 1.90 bits per heavy atom. The van der Waals surface area contributed by atoms with E-state index in [-0.39, 0.29) is 35.4 Å². The molecule has 0 spiro atoms. The maximum Gasteiger partial charge on any atom is 0.262 e. The van der Waals surface area contributed by atoms with Crippen molar-refractivity contribution in [3.05, 3.63) is 52.0 Å². The highest BCUT2D eigenvalue weighted by molar-refractivity contribution is 7.89. The monoisotopic (exact) mass is 458 g/mol. The molecule has 1 N–H and O–H groups in total. The number of nitrogens with one attached hydrogen (secondary N) is 1. The van der Waals surface area contributed by atoms with Crippen molar-refractivity contribution in [1.82, 2.24) is 4.31 Å². The van der Waals surface area contributed by atoms with Gasteiger partial charge in [0, 0.05) is 28.8 Å². The molecule has 1 saturated heterocycles. The quantitative estimate of drug-likeness (QED) is 0.717. The summed E-state index contributed by atoms with van der Waals surface area (Å²) in [7, 11) is -3.84. The predicted molar refractivity (Wildman–Crippen MR) is 111 cm³/mol. The zero-order valence-electron chi connectivity index (χ0n) is 15.7. The highest BCUT2D eigenvalue weighted by atomic mass is 35.5. The first kappa shape index (κ1) is 21.9. The normalized spacial score (nSPS) is 15.1. The summed E-state index contributed by atoms with van der Waals surface area (Å²) in [5.74, 6) is -0.396. The van der Waals surface area contributed by atoms with Crippen LogP contribution in [-0.4, -0.2) is 51.5 Å². The van der Waals surface area contributed by atoms with E-state index in [0.29, 0.717) is 23.9 Å². The molecule has 0 saturated carbocycles. The molecule has 7 nitrogen and oxygen atoms in total. The molecular formula is C19H20Cl2N2O5S. The van der Waals surface area contributed by atoms with Gasteiger partial charge in [0.2, 0.25) is 10.0 Å². The van der Waals surface area contributed by atoms with Gasteiger partial charge in [0.05, 0.1) is 13.2 Å². The van der Waals surface area contributed by atoms with Crippen LogP contribution in [0.1, 0.15) is 5.56 Å². The van der Waals surface area contributed by atoms with Crippen molar-refractivity contribution in [2.75, 3.05) is 38.2 Å².